The topological polar surface area (TPSA) is 268 Å². The van der Waals surface area contributed by atoms with E-state index in [1.54, 1.807) is 26.0 Å². The van der Waals surface area contributed by atoms with Crippen LogP contribution in [0.4, 0.5) is 0 Å². The van der Waals surface area contributed by atoms with Crippen LogP contribution in [0.3, 0.4) is 0 Å². The van der Waals surface area contributed by atoms with Crippen molar-refractivity contribution in [3.63, 3.8) is 0 Å². The van der Waals surface area contributed by atoms with Crippen LogP contribution >= 0.6 is 0 Å². The van der Waals surface area contributed by atoms with Gasteiger partial charge in [-0.15, -0.1) is 0 Å². The Hall–Kier alpha value is -3.22. The Kier molecular flexibility index (Phi) is 27.8. The summed E-state index contributed by atoms with van der Waals surface area (Å²) in [5.74, 6) is -6.17. The number of esters is 2. The second-order valence-corrected chi connectivity index (χ2v) is 23.9. The number of aliphatic hydroxyl groups excluding tert-OH is 7. The molecule has 25 atom stereocenters. The maximum atomic E-state index is 14.0. The first-order valence-electron chi connectivity index (χ1n) is 30.7. The Balaban J connectivity index is 1.40. The molecule has 0 aromatic heterocycles. The smallest absolute Gasteiger partial charge is 0.331 e. The van der Waals surface area contributed by atoms with E-state index in [4.69, 9.17) is 47.4 Å². The molecule has 0 unspecified atom stereocenters. The lowest BCUT2D eigenvalue weighted by atomic mass is 9.80. The summed E-state index contributed by atoms with van der Waals surface area (Å²) in [5, 5.41) is 77.2. The number of rotatable bonds is 20. The lowest BCUT2D eigenvalue weighted by Crippen LogP contribution is -2.60. The molecule has 19 nitrogen and oxygen atoms in total. The summed E-state index contributed by atoms with van der Waals surface area (Å²) in [7, 11) is 3.03. The zero-order chi connectivity index (χ0) is 61.5. The zero-order valence-corrected chi connectivity index (χ0v) is 51.9. The van der Waals surface area contributed by atoms with Crippen LogP contribution in [0.15, 0.2) is 71.9 Å². The quantitative estimate of drug-likeness (QED) is 0.0587. The van der Waals surface area contributed by atoms with Gasteiger partial charge in [0.05, 0.1) is 54.9 Å². The van der Waals surface area contributed by atoms with E-state index in [1.165, 1.54) is 26.4 Å². The van der Waals surface area contributed by atoms with Crippen molar-refractivity contribution in [2.24, 2.45) is 35.5 Å². The molecule has 5 aliphatic rings. The minimum Gasteiger partial charge on any atom is -0.458 e. The molecule has 0 aliphatic carbocycles. The third kappa shape index (κ3) is 18.4. The maximum absolute atomic E-state index is 14.0. The normalized spacial score (nSPS) is 43.4. The molecule has 474 valence electrons. The van der Waals surface area contributed by atoms with Gasteiger partial charge in [-0.2, -0.15) is 0 Å². The molecule has 83 heavy (non-hydrogen) atoms. The summed E-state index contributed by atoms with van der Waals surface area (Å²) in [4.78, 5) is 28.0. The van der Waals surface area contributed by atoms with Crippen LogP contribution in [-0.2, 0) is 57.0 Å². The molecule has 0 amide bonds. The molecule has 0 aromatic rings. The number of ether oxygens (including phenoxy) is 10. The number of carbonyl (C=O) groups is 2. The minimum absolute atomic E-state index is 0.0196. The van der Waals surface area contributed by atoms with Crippen molar-refractivity contribution in [3.8, 4) is 0 Å². The van der Waals surface area contributed by atoms with Crippen LogP contribution in [0.25, 0.3) is 0 Å². The monoisotopic (exact) mass is 1180 g/mol. The SMILES string of the molecule is CCC1=C/C=C/[C@@H](CC)[C@@H]([C@H](C)[C@H](O)C[C@@]2(OC)C[C@@H](O[C@H]3O[C@@H](C)[C@H](O)[C@@H](O)[C@@H]3O)[C@H](CC)[C@@H](C)O2)OC(=O)/C=C/C(CC)=C/C=C\[C@@H](CC)[C@@H]([C@H](C)[C@H](O)C[C@]2(OC)C[C@@H](O[C@H]3C[C@@H](O)[C@H](O)[C@@H](C)O3)[C@H](CC)[C@@H](C)O2)OC(=O)\C=C\1. The number of allylic oxidation sites excluding steroid dienone is 8. The highest BCUT2D eigenvalue weighted by molar-refractivity contribution is 5.83. The highest BCUT2D eigenvalue weighted by atomic mass is 16.7. The fourth-order valence-corrected chi connectivity index (χ4v) is 12.7. The third-order valence-corrected chi connectivity index (χ3v) is 18.4. The number of cyclic esters (lactones) is 2. The third-order valence-electron chi connectivity index (χ3n) is 18.4. The molecule has 5 heterocycles. The molecule has 0 spiro atoms. The molecular formula is C64H104O19. The first-order chi connectivity index (χ1) is 39.4. The van der Waals surface area contributed by atoms with Crippen LogP contribution in [0.1, 0.15) is 154 Å². The number of hydrogen-bond donors (Lipinski definition) is 7. The fourth-order valence-electron chi connectivity index (χ4n) is 12.7. The summed E-state index contributed by atoms with van der Waals surface area (Å²) in [6.07, 6.45) is 6.02. The van der Waals surface area contributed by atoms with Gasteiger partial charge in [-0.25, -0.2) is 9.59 Å². The van der Waals surface area contributed by atoms with Crippen LogP contribution < -0.4 is 0 Å². The number of aliphatic hydroxyl groups is 7. The predicted molar refractivity (Wildman–Crippen MR) is 311 cm³/mol. The van der Waals surface area contributed by atoms with Gasteiger partial charge in [-0.05, 0) is 77.4 Å². The first-order valence-corrected chi connectivity index (χ1v) is 30.7. The van der Waals surface area contributed by atoms with Gasteiger partial charge in [0.1, 0.15) is 36.6 Å². The van der Waals surface area contributed by atoms with Crippen LogP contribution in [0.5, 0.6) is 0 Å². The van der Waals surface area contributed by atoms with E-state index in [2.05, 4.69) is 0 Å². The number of hydrogen-bond acceptors (Lipinski definition) is 19. The van der Waals surface area contributed by atoms with Gasteiger partial charge in [0.2, 0.25) is 0 Å². The highest BCUT2D eigenvalue weighted by Crippen LogP contribution is 2.44. The van der Waals surface area contributed by atoms with Crippen molar-refractivity contribution < 1.29 is 92.7 Å². The average molecular weight is 1180 g/mol. The van der Waals surface area contributed by atoms with E-state index < -0.39 is 139 Å². The molecule has 0 saturated carbocycles. The molecular weight excluding hydrogens is 1070 g/mol. The van der Waals surface area contributed by atoms with Crippen LogP contribution in [0, 0.1) is 35.5 Å². The lowest BCUT2D eigenvalue weighted by Gasteiger charge is -2.49. The van der Waals surface area contributed by atoms with Crippen molar-refractivity contribution >= 4 is 11.9 Å². The van der Waals surface area contributed by atoms with Gasteiger partial charge >= 0.3 is 11.9 Å². The minimum atomic E-state index is -1.51. The van der Waals surface area contributed by atoms with E-state index in [1.807, 2.05) is 106 Å². The van der Waals surface area contributed by atoms with Gasteiger partial charge in [-0.1, -0.05) is 104 Å². The number of carbonyl (C=O) groups excluding carboxylic acids is 2. The van der Waals surface area contributed by atoms with Crippen molar-refractivity contribution in [1.82, 2.24) is 0 Å². The van der Waals surface area contributed by atoms with E-state index in [0.717, 1.165) is 17.6 Å². The van der Waals surface area contributed by atoms with Gasteiger partial charge in [0.15, 0.2) is 24.2 Å². The summed E-state index contributed by atoms with van der Waals surface area (Å²) in [6.45, 7) is 22.7. The Bertz CT molecular complexity index is 2190. The van der Waals surface area contributed by atoms with Crippen molar-refractivity contribution in [1.29, 1.82) is 0 Å². The summed E-state index contributed by atoms with van der Waals surface area (Å²) >= 11 is 0. The van der Waals surface area contributed by atoms with Gasteiger partial charge < -0.3 is 83.1 Å². The molecule has 0 bridgehead atoms. The lowest BCUT2D eigenvalue weighted by molar-refractivity contribution is -0.351. The van der Waals surface area contributed by atoms with Gasteiger partial charge in [0.25, 0.3) is 0 Å². The number of methoxy groups -OCH3 is 2. The van der Waals surface area contributed by atoms with E-state index in [-0.39, 0.29) is 56.0 Å². The Morgan fingerprint density at radius 3 is 1.40 bits per heavy atom. The Morgan fingerprint density at radius 2 is 1.00 bits per heavy atom. The molecule has 19 heteroatoms. The summed E-state index contributed by atoms with van der Waals surface area (Å²) in [6, 6.07) is 0. The molecule has 0 radical (unpaired) electrons. The van der Waals surface area contributed by atoms with Crippen molar-refractivity contribution in [3.05, 3.63) is 71.9 Å². The van der Waals surface area contributed by atoms with Crippen LogP contribution in [-0.4, -0.2) is 178 Å². The van der Waals surface area contributed by atoms with E-state index in [0.29, 0.717) is 32.1 Å². The molecule has 5 aliphatic heterocycles. The van der Waals surface area contributed by atoms with E-state index >= 15 is 0 Å². The fraction of sp³-hybridized carbons (Fsp3) is 0.781. The van der Waals surface area contributed by atoms with Crippen molar-refractivity contribution in [2.75, 3.05) is 14.2 Å². The average Bonchev–Trinajstić information content (AvgIpc) is 3.48. The Labute approximate surface area is 494 Å². The second-order valence-electron chi connectivity index (χ2n) is 23.9. The molecule has 4 fully saturated rings. The standard InChI is InChI=1S/C64H104O19/c1-15-42-23-21-25-44(17-3)60(36(7)49(66)32-63(74-13)34-51(46(19-5)38(9)82-63)78-55-31-48(65)56(70)40(11)76-55)80-53(68)29-27-43(16-2)24-22-26-45(18-4)61(81-54(69)30-28-42)37(8)50(67)33-64(75-14)35-52(47(20-6)39(10)83-64)79-62-59(73)58(72)57(71)41(12)77-62/h21-30,36-41,44-52,55-62,65-67,70-73H,15-20,31-35H2,1-14H3/b25-21-,26-22+,29-27+,30-28+,42-23+,43-24-/t36-,37-,38-,39-,40-,41+,44-,45-,46-,47-,48-,49-,50-,51-,52-,55+,56-,57+,58-,59+,60-,61-,62-,63-,64+/m1/s1. The predicted octanol–water partition coefficient (Wildman–Crippen LogP) is 7.36. The maximum Gasteiger partial charge on any atom is 0.331 e. The molecule has 4 saturated heterocycles. The first kappa shape index (κ1) is 70.5. The van der Waals surface area contributed by atoms with Gasteiger partial charge in [-0.3, -0.25) is 0 Å². The Morgan fingerprint density at radius 1 is 0.566 bits per heavy atom. The van der Waals surface area contributed by atoms with Crippen molar-refractivity contribution in [2.45, 2.75) is 269 Å². The molecule has 7 N–H and O–H groups in total. The van der Waals surface area contributed by atoms with E-state index in [9.17, 15) is 45.3 Å². The largest absolute Gasteiger partial charge is 0.458 e. The summed E-state index contributed by atoms with van der Waals surface area (Å²) in [5.41, 5.74) is 1.60. The van der Waals surface area contributed by atoms with Gasteiger partial charge in [0, 0.05) is 94.0 Å². The molecule has 0 aromatic carbocycles. The van der Waals surface area contributed by atoms with Crippen LogP contribution in [0.2, 0.25) is 0 Å². The highest BCUT2D eigenvalue weighted by Gasteiger charge is 2.53. The molecule has 5 rings (SSSR count). The second kappa shape index (κ2) is 32.7. The summed E-state index contributed by atoms with van der Waals surface area (Å²) < 4.78 is 62.9. The zero-order valence-electron chi connectivity index (χ0n) is 51.9.